The molecular weight excluding hydrogens is 355 g/mol. The number of hydrogen-bond donors (Lipinski definition) is 1. The van der Waals surface area contributed by atoms with Crippen LogP contribution in [0.25, 0.3) is 6.08 Å². The fraction of sp³-hybridized carbons (Fsp3) is 0.200. The van der Waals surface area contributed by atoms with Crippen LogP contribution in [0.3, 0.4) is 0 Å². The van der Waals surface area contributed by atoms with Crippen molar-refractivity contribution in [3.05, 3.63) is 75.3 Å². The summed E-state index contributed by atoms with van der Waals surface area (Å²) in [5.74, 6) is -0.407. The number of nitrogens with zero attached hydrogens (tertiary/aromatic N) is 1. The minimum absolute atomic E-state index is 0.0235. The second kappa shape index (κ2) is 9.27. The quantitative estimate of drug-likeness (QED) is 0.533. The van der Waals surface area contributed by atoms with Crippen LogP contribution in [0.4, 0.5) is 0 Å². The summed E-state index contributed by atoms with van der Waals surface area (Å²) >= 11 is 11.9. The van der Waals surface area contributed by atoms with E-state index in [9.17, 15) is 10.1 Å². The van der Waals surface area contributed by atoms with Gasteiger partial charge in [0.25, 0.3) is 5.91 Å². The zero-order valence-corrected chi connectivity index (χ0v) is 15.3. The summed E-state index contributed by atoms with van der Waals surface area (Å²) in [5, 5.41) is 13.1. The molecule has 2 aromatic rings. The first-order valence-corrected chi connectivity index (χ1v) is 8.73. The Hall–Kier alpha value is -2.28. The molecule has 0 aromatic heterocycles. The Morgan fingerprint density at radius 2 is 1.92 bits per heavy atom. The average molecular weight is 373 g/mol. The minimum Gasteiger partial charge on any atom is -0.345 e. The number of rotatable bonds is 6. The first kappa shape index (κ1) is 19.1. The molecule has 0 unspecified atom stereocenters. The molecule has 0 heterocycles. The highest BCUT2D eigenvalue weighted by atomic mass is 35.5. The molecule has 2 rings (SSSR count). The van der Waals surface area contributed by atoms with E-state index >= 15 is 0 Å². The topological polar surface area (TPSA) is 52.9 Å². The third-order valence-electron chi connectivity index (χ3n) is 3.70. The largest absolute Gasteiger partial charge is 0.345 e. The van der Waals surface area contributed by atoms with E-state index < -0.39 is 5.91 Å². The molecule has 3 nitrogen and oxygen atoms in total. The van der Waals surface area contributed by atoms with Gasteiger partial charge in [0, 0.05) is 0 Å². The lowest BCUT2D eigenvalue weighted by molar-refractivity contribution is -0.117. The van der Waals surface area contributed by atoms with Crippen molar-refractivity contribution >= 4 is 35.2 Å². The Kier molecular flexibility index (Phi) is 7.06. The fourth-order valence-electron chi connectivity index (χ4n) is 2.45. The molecule has 0 bridgehead atoms. The molecule has 5 heteroatoms. The number of halogens is 2. The van der Waals surface area contributed by atoms with Gasteiger partial charge in [-0.3, -0.25) is 4.79 Å². The highest BCUT2D eigenvalue weighted by molar-refractivity contribution is 6.42. The SMILES string of the molecule is CCC[C@H](NC(=O)C(C#N)=Cc1ccc(Cl)c(Cl)c1)c1ccccc1. The summed E-state index contributed by atoms with van der Waals surface area (Å²) in [6, 6.07) is 16.5. The number of nitrogens with one attached hydrogen (secondary N) is 1. The first-order chi connectivity index (χ1) is 12.0. The van der Waals surface area contributed by atoms with Gasteiger partial charge >= 0.3 is 0 Å². The Morgan fingerprint density at radius 1 is 1.20 bits per heavy atom. The van der Waals surface area contributed by atoms with Crippen molar-refractivity contribution in [2.45, 2.75) is 25.8 Å². The highest BCUT2D eigenvalue weighted by Crippen LogP contribution is 2.24. The van der Waals surface area contributed by atoms with E-state index in [0.29, 0.717) is 15.6 Å². The standard InChI is InChI=1S/C20H18Cl2N2O/c1-2-6-19(15-7-4-3-5-8-15)24-20(25)16(13-23)11-14-9-10-17(21)18(22)12-14/h3-5,7-12,19H,2,6H2,1H3,(H,24,25)/t19-/m0/s1. The van der Waals surface area contributed by atoms with E-state index in [2.05, 4.69) is 12.2 Å². The molecular formula is C20H18Cl2N2O. The number of nitriles is 1. The van der Waals surface area contributed by atoms with E-state index in [1.165, 1.54) is 6.08 Å². The number of hydrogen-bond acceptors (Lipinski definition) is 2. The third kappa shape index (κ3) is 5.35. The van der Waals surface area contributed by atoms with E-state index in [1.807, 2.05) is 36.4 Å². The molecule has 128 valence electrons. The number of amides is 1. The molecule has 1 amide bonds. The van der Waals surface area contributed by atoms with Gasteiger partial charge < -0.3 is 5.32 Å². The lowest BCUT2D eigenvalue weighted by Crippen LogP contribution is -2.29. The van der Waals surface area contributed by atoms with E-state index in [0.717, 1.165) is 18.4 Å². The van der Waals surface area contributed by atoms with Crippen LogP contribution in [0.15, 0.2) is 54.1 Å². The van der Waals surface area contributed by atoms with Crippen LogP contribution in [0.2, 0.25) is 10.0 Å². The zero-order chi connectivity index (χ0) is 18.2. The first-order valence-electron chi connectivity index (χ1n) is 7.97. The molecule has 2 aromatic carbocycles. The van der Waals surface area contributed by atoms with Gasteiger partial charge in [0.2, 0.25) is 0 Å². The average Bonchev–Trinajstić information content (AvgIpc) is 2.62. The lowest BCUT2D eigenvalue weighted by Gasteiger charge is -2.18. The number of benzene rings is 2. The second-order valence-corrected chi connectivity index (χ2v) is 6.38. The van der Waals surface area contributed by atoms with Gasteiger partial charge in [0.1, 0.15) is 11.6 Å². The van der Waals surface area contributed by atoms with Crippen LogP contribution in [-0.2, 0) is 4.79 Å². The fourth-order valence-corrected chi connectivity index (χ4v) is 2.76. The summed E-state index contributed by atoms with van der Waals surface area (Å²) in [4.78, 5) is 12.5. The predicted octanol–water partition coefficient (Wildman–Crippen LogP) is 5.56. The number of carbonyl (C=O) groups is 1. The smallest absolute Gasteiger partial charge is 0.262 e. The summed E-state index contributed by atoms with van der Waals surface area (Å²) in [6.45, 7) is 2.05. The summed E-state index contributed by atoms with van der Waals surface area (Å²) in [7, 11) is 0. The molecule has 0 radical (unpaired) electrons. The van der Waals surface area contributed by atoms with Crippen molar-refractivity contribution in [2.75, 3.05) is 0 Å². The Morgan fingerprint density at radius 3 is 2.52 bits per heavy atom. The second-order valence-electron chi connectivity index (χ2n) is 5.57. The minimum atomic E-state index is -0.407. The van der Waals surface area contributed by atoms with Crippen LogP contribution in [0.1, 0.15) is 36.9 Å². The maximum Gasteiger partial charge on any atom is 0.262 e. The molecule has 0 saturated heterocycles. The van der Waals surface area contributed by atoms with Crippen LogP contribution < -0.4 is 5.32 Å². The van der Waals surface area contributed by atoms with Crippen molar-refractivity contribution in [1.29, 1.82) is 5.26 Å². The molecule has 0 spiro atoms. The molecule has 1 N–H and O–H groups in total. The molecule has 0 aliphatic carbocycles. The molecule has 0 aliphatic rings. The Bertz CT molecular complexity index is 810. The van der Waals surface area contributed by atoms with Crippen molar-refractivity contribution in [1.82, 2.24) is 5.32 Å². The Labute approximate surface area is 157 Å². The van der Waals surface area contributed by atoms with Gasteiger partial charge in [0.15, 0.2) is 0 Å². The molecule has 0 fully saturated rings. The van der Waals surface area contributed by atoms with E-state index in [-0.39, 0.29) is 11.6 Å². The molecule has 0 saturated carbocycles. The van der Waals surface area contributed by atoms with Gasteiger partial charge in [-0.25, -0.2) is 0 Å². The van der Waals surface area contributed by atoms with Crippen LogP contribution in [0.5, 0.6) is 0 Å². The van der Waals surface area contributed by atoms with Gasteiger partial charge in [-0.1, -0.05) is 72.9 Å². The van der Waals surface area contributed by atoms with E-state index in [4.69, 9.17) is 23.2 Å². The maximum absolute atomic E-state index is 12.5. The monoisotopic (exact) mass is 372 g/mol. The van der Waals surface area contributed by atoms with E-state index in [1.54, 1.807) is 18.2 Å². The van der Waals surface area contributed by atoms with Crippen LogP contribution in [-0.4, -0.2) is 5.91 Å². The van der Waals surface area contributed by atoms with Crippen LogP contribution >= 0.6 is 23.2 Å². The van der Waals surface area contributed by atoms with Crippen LogP contribution in [0, 0.1) is 11.3 Å². The normalized spacial score (nSPS) is 12.3. The lowest BCUT2D eigenvalue weighted by atomic mass is 10.0. The molecule has 25 heavy (non-hydrogen) atoms. The Balaban J connectivity index is 2.22. The van der Waals surface area contributed by atoms with Gasteiger partial charge in [-0.05, 0) is 35.8 Å². The summed E-state index contributed by atoms with van der Waals surface area (Å²) in [6.07, 6.45) is 3.21. The number of carbonyl (C=O) groups excluding carboxylic acids is 1. The summed E-state index contributed by atoms with van der Waals surface area (Å²) < 4.78 is 0. The maximum atomic E-state index is 12.5. The van der Waals surface area contributed by atoms with Crippen molar-refractivity contribution in [2.24, 2.45) is 0 Å². The van der Waals surface area contributed by atoms with Crippen molar-refractivity contribution in [3.63, 3.8) is 0 Å². The van der Waals surface area contributed by atoms with Crippen molar-refractivity contribution in [3.8, 4) is 6.07 Å². The van der Waals surface area contributed by atoms with Gasteiger partial charge in [-0.15, -0.1) is 0 Å². The summed E-state index contributed by atoms with van der Waals surface area (Å²) in [5.41, 5.74) is 1.69. The highest BCUT2D eigenvalue weighted by Gasteiger charge is 2.16. The van der Waals surface area contributed by atoms with Gasteiger partial charge in [-0.2, -0.15) is 5.26 Å². The van der Waals surface area contributed by atoms with Crippen molar-refractivity contribution < 1.29 is 4.79 Å². The zero-order valence-electron chi connectivity index (χ0n) is 13.8. The molecule has 0 aliphatic heterocycles. The predicted molar refractivity (Wildman–Crippen MR) is 102 cm³/mol. The van der Waals surface area contributed by atoms with Gasteiger partial charge in [0.05, 0.1) is 16.1 Å². The molecule has 1 atom stereocenters. The third-order valence-corrected chi connectivity index (χ3v) is 4.44.